The Bertz CT molecular complexity index is 1100. The molecule has 0 saturated carbocycles. The van der Waals surface area contributed by atoms with E-state index in [0.717, 1.165) is 19.3 Å². The Balaban J connectivity index is 1.68. The highest BCUT2D eigenvalue weighted by Crippen LogP contribution is 2.29. The molecular formula is C19H20N8O3. The summed E-state index contributed by atoms with van der Waals surface area (Å²) in [4.78, 5) is 12.8. The van der Waals surface area contributed by atoms with Gasteiger partial charge in [0, 0.05) is 11.8 Å². The number of aromatic nitrogens is 5. The highest BCUT2D eigenvalue weighted by atomic mass is 16.6. The second-order valence-electron chi connectivity index (χ2n) is 6.67. The summed E-state index contributed by atoms with van der Waals surface area (Å²) in [5, 5.41) is 19.5. The van der Waals surface area contributed by atoms with Gasteiger partial charge in [0.1, 0.15) is 11.4 Å². The van der Waals surface area contributed by atoms with Gasteiger partial charge in [-0.15, -0.1) is 5.10 Å². The number of nitrogens with one attached hydrogen (secondary N) is 1. The summed E-state index contributed by atoms with van der Waals surface area (Å²) >= 11 is 0. The van der Waals surface area contributed by atoms with Crippen LogP contribution in [0, 0.1) is 5.92 Å². The first-order valence-electron chi connectivity index (χ1n) is 9.34. The third-order valence-electron chi connectivity index (χ3n) is 4.69. The second kappa shape index (κ2) is 8.55. The molecule has 3 N–H and O–H groups in total. The molecule has 1 amide bonds. The van der Waals surface area contributed by atoms with Crippen molar-refractivity contribution >= 4 is 17.9 Å². The van der Waals surface area contributed by atoms with Gasteiger partial charge in [-0.2, -0.15) is 9.78 Å². The number of anilines is 1. The molecule has 1 aromatic carbocycles. The van der Waals surface area contributed by atoms with Crippen LogP contribution in [0.25, 0.3) is 17.1 Å². The fraction of sp³-hybridized carbons (Fsp3) is 0.263. The first-order chi connectivity index (χ1) is 14.7. The van der Waals surface area contributed by atoms with Crippen LogP contribution >= 0.6 is 0 Å². The molecule has 1 aliphatic carbocycles. The van der Waals surface area contributed by atoms with Crippen LogP contribution in [-0.2, 0) is 0 Å². The number of carbonyl (C=O) groups excluding carboxylic acids is 1. The first kappa shape index (κ1) is 19.3. The fourth-order valence-corrected chi connectivity index (χ4v) is 3.16. The van der Waals surface area contributed by atoms with Gasteiger partial charge in [-0.3, -0.25) is 4.79 Å². The Morgan fingerprint density at radius 1 is 1.40 bits per heavy atom. The average molecular weight is 408 g/mol. The summed E-state index contributed by atoms with van der Waals surface area (Å²) in [7, 11) is 1.55. The van der Waals surface area contributed by atoms with E-state index in [1.54, 1.807) is 37.6 Å². The summed E-state index contributed by atoms with van der Waals surface area (Å²) in [6, 6.07) is 7.10. The molecule has 11 heteroatoms. The molecule has 2 aromatic heterocycles. The van der Waals surface area contributed by atoms with Crippen molar-refractivity contribution in [1.82, 2.24) is 30.7 Å². The number of hydrogen-bond donors (Lipinski definition) is 2. The van der Waals surface area contributed by atoms with Crippen LogP contribution in [0.1, 0.15) is 29.8 Å². The quantitative estimate of drug-likeness (QED) is 0.357. The van der Waals surface area contributed by atoms with Crippen molar-refractivity contribution in [3.05, 3.63) is 42.1 Å². The van der Waals surface area contributed by atoms with Crippen molar-refractivity contribution in [2.45, 2.75) is 19.3 Å². The Kier molecular flexibility index (Phi) is 5.50. The lowest BCUT2D eigenvalue weighted by molar-refractivity contribution is 0.0950. The number of amides is 1. The molecule has 154 valence electrons. The van der Waals surface area contributed by atoms with Crippen LogP contribution in [-0.4, -0.2) is 44.5 Å². The molecule has 0 aliphatic heterocycles. The smallest absolute Gasteiger partial charge is 0.294 e. The number of hydrogen-bond acceptors (Lipinski definition) is 9. The van der Waals surface area contributed by atoms with Gasteiger partial charge < -0.3 is 10.5 Å². The lowest BCUT2D eigenvalue weighted by Crippen LogP contribution is -2.20. The minimum absolute atomic E-state index is 0.0133. The van der Waals surface area contributed by atoms with Crippen LogP contribution in [0.5, 0.6) is 5.75 Å². The number of hydrazone groups is 1. The van der Waals surface area contributed by atoms with Crippen molar-refractivity contribution in [2.24, 2.45) is 11.0 Å². The van der Waals surface area contributed by atoms with Gasteiger partial charge in [-0.25, -0.2) is 10.1 Å². The molecule has 4 rings (SSSR count). The van der Waals surface area contributed by atoms with E-state index in [4.69, 9.17) is 10.5 Å². The normalized spacial score (nSPS) is 16.1. The monoisotopic (exact) mass is 408 g/mol. The summed E-state index contributed by atoms with van der Waals surface area (Å²) in [5.41, 5.74) is 9.36. The zero-order valence-electron chi connectivity index (χ0n) is 16.2. The predicted octanol–water partition coefficient (Wildman–Crippen LogP) is 1.98. The molecule has 0 saturated heterocycles. The molecule has 0 spiro atoms. The maximum Gasteiger partial charge on any atom is 0.294 e. The van der Waals surface area contributed by atoms with E-state index in [0.29, 0.717) is 22.9 Å². The molecule has 1 aliphatic rings. The molecule has 1 atom stereocenters. The van der Waals surface area contributed by atoms with Gasteiger partial charge in [0.15, 0.2) is 5.69 Å². The van der Waals surface area contributed by atoms with Gasteiger partial charge in [0.05, 0.1) is 7.11 Å². The molecule has 0 fully saturated rings. The minimum Gasteiger partial charge on any atom is -0.497 e. The summed E-state index contributed by atoms with van der Waals surface area (Å²) in [6.07, 6.45) is 8.92. The van der Waals surface area contributed by atoms with E-state index >= 15 is 0 Å². The van der Waals surface area contributed by atoms with Crippen molar-refractivity contribution in [3.63, 3.8) is 0 Å². The zero-order valence-corrected chi connectivity index (χ0v) is 16.2. The molecule has 11 nitrogen and oxygen atoms in total. The zero-order chi connectivity index (χ0) is 20.9. The van der Waals surface area contributed by atoms with E-state index in [1.165, 1.54) is 4.68 Å². The average Bonchev–Trinajstić information content (AvgIpc) is 3.40. The van der Waals surface area contributed by atoms with Crippen LogP contribution in [0.2, 0.25) is 0 Å². The minimum atomic E-state index is -0.517. The van der Waals surface area contributed by atoms with Crippen LogP contribution in [0.4, 0.5) is 5.82 Å². The van der Waals surface area contributed by atoms with Gasteiger partial charge >= 0.3 is 0 Å². The highest BCUT2D eigenvalue weighted by molar-refractivity contribution is 5.98. The number of benzene rings is 1. The fourth-order valence-electron chi connectivity index (χ4n) is 3.16. The maximum absolute atomic E-state index is 12.8. The molecule has 0 unspecified atom stereocenters. The van der Waals surface area contributed by atoms with Crippen molar-refractivity contribution in [2.75, 3.05) is 12.8 Å². The number of nitrogen functional groups attached to an aromatic ring is 1. The van der Waals surface area contributed by atoms with Crippen LogP contribution in [0.15, 0.2) is 46.1 Å². The number of ether oxygens (including phenoxy) is 1. The van der Waals surface area contributed by atoms with E-state index in [1.807, 2.05) is 0 Å². The molecule has 0 bridgehead atoms. The lowest BCUT2D eigenvalue weighted by atomic mass is 9.96. The largest absolute Gasteiger partial charge is 0.497 e. The Labute approximate surface area is 171 Å². The number of nitrogens with two attached hydrogens (primary N) is 1. The van der Waals surface area contributed by atoms with E-state index in [-0.39, 0.29) is 17.3 Å². The third kappa shape index (κ3) is 3.90. The van der Waals surface area contributed by atoms with Gasteiger partial charge in [-0.05, 0) is 47.6 Å². The summed E-state index contributed by atoms with van der Waals surface area (Å²) in [5.74, 6) is 0.513. The number of allylic oxidation sites excluding steroid dienone is 2. The summed E-state index contributed by atoms with van der Waals surface area (Å²) in [6.45, 7) is 0. The molecule has 30 heavy (non-hydrogen) atoms. The predicted molar refractivity (Wildman–Crippen MR) is 108 cm³/mol. The SMILES string of the molecule is COc1cccc(-c2c(C(=O)N/N=C\[C@@H]3CC=CCC3)nnn2-c2nonc2N)c1. The van der Waals surface area contributed by atoms with Crippen molar-refractivity contribution < 1.29 is 14.2 Å². The van der Waals surface area contributed by atoms with Gasteiger partial charge in [0.25, 0.3) is 5.91 Å². The topological polar surface area (TPSA) is 146 Å². The standard InChI is InChI=1S/C19H20N8O3/c1-29-14-9-5-8-13(10-14)16-15(22-26-27(16)18-17(20)24-30-25-18)19(28)23-21-11-12-6-3-2-4-7-12/h2-3,5,8-12H,4,6-7H2,1H3,(H2,20,24)(H,23,28)/b21-11-/t12-/m1/s1. The van der Waals surface area contributed by atoms with E-state index < -0.39 is 5.91 Å². The van der Waals surface area contributed by atoms with E-state index in [9.17, 15) is 4.79 Å². The number of methoxy groups -OCH3 is 1. The number of nitrogens with zero attached hydrogens (tertiary/aromatic N) is 6. The van der Waals surface area contributed by atoms with Crippen LogP contribution < -0.4 is 15.9 Å². The van der Waals surface area contributed by atoms with Crippen LogP contribution in [0.3, 0.4) is 0 Å². The molecule has 0 radical (unpaired) electrons. The first-order valence-corrected chi connectivity index (χ1v) is 9.34. The van der Waals surface area contributed by atoms with Gasteiger partial charge in [-0.1, -0.05) is 29.5 Å². The Hall–Kier alpha value is -4.02. The summed E-state index contributed by atoms with van der Waals surface area (Å²) < 4.78 is 11.3. The Morgan fingerprint density at radius 3 is 3.03 bits per heavy atom. The van der Waals surface area contributed by atoms with E-state index in [2.05, 4.69) is 47.9 Å². The van der Waals surface area contributed by atoms with Gasteiger partial charge in [0.2, 0.25) is 11.6 Å². The van der Waals surface area contributed by atoms with Crippen molar-refractivity contribution in [1.29, 1.82) is 0 Å². The lowest BCUT2D eigenvalue weighted by Gasteiger charge is -2.11. The number of rotatable bonds is 6. The molecular weight excluding hydrogens is 388 g/mol. The highest BCUT2D eigenvalue weighted by Gasteiger charge is 2.25. The molecule has 2 heterocycles. The van der Waals surface area contributed by atoms with Crippen molar-refractivity contribution in [3.8, 4) is 22.8 Å². The number of carbonyl (C=O) groups is 1. The third-order valence-corrected chi connectivity index (χ3v) is 4.69. The Morgan fingerprint density at radius 2 is 2.30 bits per heavy atom. The second-order valence-corrected chi connectivity index (χ2v) is 6.67. The maximum atomic E-state index is 12.8. The molecule has 3 aromatic rings.